The van der Waals surface area contributed by atoms with Crippen molar-refractivity contribution in [2.24, 2.45) is 5.92 Å². The fraction of sp³-hybridized carbons (Fsp3) is 0.333. The average molecular weight is 255 g/mol. The van der Waals surface area contributed by atoms with Crippen LogP contribution in [0.15, 0.2) is 36.7 Å². The Labute approximate surface area is 112 Å². The van der Waals surface area contributed by atoms with Crippen LogP contribution in [0.25, 0.3) is 10.8 Å². The summed E-state index contributed by atoms with van der Waals surface area (Å²) in [5.74, 6) is 0.569. The van der Waals surface area contributed by atoms with Crippen LogP contribution in [-0.4, -0.2) is 30.5 Å². The predicted molar refractivity (Wildman–Crippen MR) is 75.1 cm³/mol. The summed E-state index contributed by atoms with van der Waals surface area (Å²) >= 11 is 0. The summed E-state index contributed by atoms with van der Waals surface area (Å²) in [5.41, 5.74) is 0.713. The van der Waals surface area contributed by atoms with Crippen molar-refractivity contribution in [3.8, 4) is 0 Å². The number of nitrogens with zero attached hydrogens (tertiary/aromatic N) is 1. The summed E-state index contributed by atoms with van der Waals surface area (Å²) in [6.07, 6.45) is 4.69. The Kier molecular flexibility index (Phi) is 3.42. The average Bonchev–Trinajstić information content (AvgIpc) is 2.97. The number of carbonyl (C=O) groups is 1. The van der Waals surface area contributed by atoms with E-state index in [2.05, 4.69) is 15.6 Å². The molecule has 1 fully saturated rings. The Bertz CT molecular complexity index is 591. The molecule has 4 heteroatoms. The topological polar surface area (TPSA) is 54.0 Å². The van der Waals surface area contributed by atoms with Gasteiger partial charge in [0, 0.05) is 29.9 Å². The second-order valence-electron chi connectivity index (χ2n) is 5.01. The maximum Gasteiger partial charge on any atom is 0.251 e. The molecule has 1 amide bonds. The first-order valence-electron chi connectivity index (χ1n) is 6.65. The zero-order valence-corrected chi connectivity index (χ0v) is 10.7. The maximum atomic E-state index is 12.1. The van der Waals surface area contributed by atoms with Crippen LogP contribution in [0.4, 0.5) is 0 Å². The van der Waals surface area contributed by atoms with Gasteiger partial charge in [0.1, 0.15) is 0 Å². The zero-order valence-electron chi connectivity index (χ0n) is 10.7. The Balaban J connectivity index is 1.70. The smallest absolute Gasteiger partial charge is 0.251 e. The normalized spacial score (nSPS) is 18.6. The summed E-state index contributed by atoms with van der Waals surface area (Å²) in [7, 11) is 0. The van der Waals surface area contributed by atoms with E-state index in [0.29, 0.717) is 11.5 Å². The Morgan fingerprint density at radius 2 is 2.32 bits per heavy atom. The van der Waals surface area contributed by atoms with Crippen molar-refractivity contribution < 1.29 is 4.79 Å². The van der Waals surface area contributed by atoms with Crippen molar-refractivity contribution in [2.75, 3.05) is 19.6 Å². The molecule has 0 bridgehead atoms. The van der Waals surface area contributed by atoms with Crippen LogP contribution in [0.5, 0.6) is 0 Å². The number of rotatable bonds is 3. The highest BCUT2D eigenvalue weighted by Gasteiger charge is 2.15. The molecule has 98 valence electrons. The molecule has 0 aliphatic carbocycles. The van der Waals surface area contributed by atoms with Crippen LogP contribution in [-0.2, 0) is 0 Å². The van der Waals surface area contributed by atoms with Gasteiger partial charge in [-0.1, -0.05) is 6.07 Å². The van der Waals surface area contributed by atoms with Gasteiger partial charge in [-0.05, 0) is 49.0 Å². The van der Waals surface area contributed by atoms with Gasteiger partial charge in [0.05, 0.1) is 0 Å². The standard InChI is InChI=1S/C15H17N3O/c19-15(18-9-11-3-5-16-8-11)13-1-2-14-10-17-6-4-12(14)7-13/h1-2,4,6-7,10-11,16H,3,5,8-9H2,(H,18,19)/t11-/m0/s1. The second-order valence-corrected chi connectivity index (χ2v) is 5.01. The molecule has 3 rings (SSSR count). The van der Waals surface area contributed by atoms with Gasteiger partial charge >= 0.3 is 0 Å². The molecule has 0 unspecified atom stereocenters. The van der Waals surface area contributed by atoms with E-state index in [1.807, 2.05) is 24.3 Å². The second kappa shape index (κ2) is 5.36. The first kappa shape index (κ1) is 12.1. The lowest BCUT2D eigenvalue weighted by molar-refractivity contribution is 0.0948. The van der Waals surface area contributed by atoms with Gasteiger partial charge < -0.3 is 10.6 Å². The first-order chi connectivity index (χ1) is 9.33. The minimum absolute atomic E-state index is 0.00520. The highest BCUT2D eigenvalue weighted by Crippen LogP contribution is 2.14. The maximum absolute atomic E-state index is 12.1. The van der Waals surface area contributed by atoms with Crippen molar-refractivity contribution in [2.45, 2.75) is 6.42 Å². The molecule has 4 nitrogen and oxygen atoms in total. The minimum Gasteiger partial charge on any atom is -0.352 e. The molecule has 0 saturated carbocycles. The Hall–Kier alpha value is -1.94. The molecule has 0 radical (unpaired) electrons. The number of fused-ring (bicyclic) bond motifs is 1. The number of pyridine rings is 1. The lowest BCUT2D eigenvalue weighted by Crippen LogP contribution is -2.30. The van der Waals surface area contributed by atoms with Crippen molar-refractivity contribution in [3.05, 3.63) is 42.2 Å². The van der Waals surface area contributed by atoms with Gasteiger partial charge in [-0.25, -0.2) is 0 Å². The summed E-state index contributed by atoms with van der Waals surface area (Å²) in [4.78, 5) is 16.2. The van der Waals surface area contributed by atoms with Gasteiger partial charge in [0.2, 0.25) is 0 Å². The van der Waals surface area contributed by atoms with Crippen LogP contribution in [0.2, 0.25) is 0 Å². The molecule has 1 saturated heterocycles. The van der Waals surface area contributed by atoms with Crippen LogP contribution < -0.4 is 10.6 Å². The van der Waals surface area contributed by atoms with E-state index in [0.717, 1.165) is 36.8 Å². The molecule has 1 atom stereocenters. The van der Waals surface area contributed by atoms with Crippen LogP contribution in [0.3, 0.4) is 0 Å². The van der Waals surface area contributed by atoms with Crippen molar-refractivity contribution in [1.29, 1.82) is 0 Å². The highest BCUT2D eigenvalue weighted by molar-refractivity contribution is 5.98. The van der Waals surface area contributed by atoms with Crippen LogP contribution >= 0.6 is 0 Å². The zero-order chi connectivity index (χ0) is 13.1. The molecule has 0 spiro atoms. The van der Waals surface area contributed by atoms with Gasteiger partial charge in [-0.2, -0.15) is 0 Å². The van der Waals surface area contributed by atoms with Gasteiger partial charge in [0.15, 0.2) is 0 Å². The van der Waals surface area contributed by atoms with E-state index in [1.165, 1.54) is 0 Å². The van der Waals surface area contributed by atoms with E-state index in [4.69, 9.17) is 0 Å². The molecule has 1 aromatic carbocycles. The molecule has 2 aromatic rings. The van der Waals surface area contributed by atoms with E-state index >= 15 is 0 Å². The number of nitrogens with one attached hydrogen (secondary N) is 2. The van der Waals surface area contributed by atoms with E-state index in [-0.39, 0.29) is 5.91 Å². The van der Waals surface area contributed by atoms with Gasteiger partial charge in [0.25, 0.3) is 5.91 Å². The fourth-order valence-corrected chi connectivity index (χ4v) is 2.45. The molecule has 1 aliphatic rings. The molecule has 2 heterocycles. The molecular weight excluding hydrogens is 238 g/mol. The third-order valence-electron chi connectivity index (χ3n) is 3.62. The first-order valence-corrected chi connectivity index (χ1v) is 6.65. The van der Waals surface area contributed by atoms with E-state index in [1.54, 1.807) is 12.4 Å². The van der Waals surface area contributed by atoms with Crippen molar-refractivity contribution >= 4 is 16.7 Å². The van der Waals surface area contributed by atoms with E-state index in [9.17, 15) is 4.79 Å². The summed E-state index contributed by atoms with van der Waals surface area (Å²) in [5, 5.41) is 8.41. The summed E-state index contributed by atoms with van der Waals surface area (Å²) in [6.45, 7) is 2.81. The quantitative estimate of drug-likeness (QED) is 0.875. The third-order valence-corrected chi connectivity index (χ3v) is 3.62. The summed E-state index contributed by atoms with van der Waals surface area (Å²) < 4.78 is 0. The predicted octanol–water partition coefficient (Wildman–Crippen LogP) is 1.57. The number of carbonyl (C=O) groups excluding carboxylic acids is 1. The Morgan fingerprint density at radius 3 is 3.16 bits per heavy atom. The number of amides is 1. The lowest BCUT2D eigenvalue weighted by atomic mass is 10.1. The largest absolute Gasteiger partial charge is 0.352 e. The minimum atomic E-state index is 0.00520. The number of hydrogen-bond donors (Lipinski definition) is 2. The highest BCUT2D eigenvalue weighted by atomic mass is 16.1. The van der Waals surface area contributed by atoms with Gasteiger partial charge in [-0.3, -0.25) is 9.78 Å². The molecule has 1 aromatic heterocycles. The SMILES string of the molecule is O=C(NC[C@H]1CCNC1)c1ccc2cnccc2c1. The third kappa shape index (κ3) is 2.74. The van der Waals surface area contributed by atoms with Gasteiger partial charge in [-0.15, -0.1) is 0 Å². The number of benzene rings is 1. The molecular formula is C15H17N3O. The lowest BCUT2D eigenvalue weighted by Gasteiger charge is -2.10. The molecule has 1 aliphatic heterocycles. The van der Waals surface area contributed by atoms with E-state index < -0.39 is 0 Å². The molecule has 2 N–H and O–H groups in total. The number of aromatic nitrogens is 1. The van der Waals surface area contributed by atoms with Crippen LogP contribution in [0, 0.1) is 5.92 Å². The molecule has 19 heavy (non-hydrogen) atoms. The monoisotopic (exact) mass is 255 g/mol. The van der Waals surface area contributed by atoms with Crippen molar-refractivity contribution in [1.82, 2.24) is 15.6 Å². The van der Waals surface area contributed by atoms with Crippen LogP contribution in [0.1, 0.15) is 16.8 Å². The number of hydrogen-bond acceptors (Lipinski definition) is 3. The summed E-state index contributed by atoms with van der Waals surface area (Å²) in [6, 6.07) is 7.63. The fourth-order valence-electron chi connectivity index (χ4n) is 2.45. The Morgan fingerprint density at radius 1 is 1.37 bits per heavy atom. The van der Waals surface area contributed by atoms with Crippen molar-refractivity contribution in [3.63, 3.8) is 0 Å².